The van der Waals surface area contributed by atoms with Crippen LogP contribution in [0.5, 0.6) is 0 Å². The van der Waals surface area contributed by atoms with Gasteiger partial charge in [-0.25, -0.2) is 0 Å². The smallest absolute Gasteiger partial charge is 0.167 e. The van der Waals surface area contributed by atoms with Crippen molar-refractivity contribution < 1.29 is 4.43 Å². The molecule has 0 fully saturated rings. The fourth-order valence-electron chi connectivity index (χ4n) is 0.778. The number of hydrogen-bond acceptors (Lipinski definition) is 1. The molecule has 0 aliphatic rings. The van der Waals surface area contributed by atoms with Gasteiger partial charge < -0.3 is 4.43 Å². The van der Waals surface area contributed by atoms with Crippen LogP contribution < -0.4 is 0 Å². The van der Waals surface area contributed by atoms with Gasteiger partial charge in [-0.1, -0.05) is 27.7 Å². The molecule has 76 valence electrons. The van der Waals surface area contributed by atoms with Crippen LogP contribution in [-0.2, 0) is 4.43 Å². The maximum Gasteiger partial charge on any atom is 0.167 e. The van der Waals surface area contributed by atoms with Crippen LogP contribution in [0.1, 0.15) is 40.5 Å². The van der Waals surface area contributed by atoms with Gasteiger partial charge in [0.25, 0.3) is 0 Å². The van der Waals surface area contributed by atoms with Crippen molar-refractivity contribution in [2.75, 3.05) is 6.61 Å². The van der Waals surface area contributed by atoms with Crippen LogP contribution in [0.4, 0.5) is 0 Å². The SMILES string of the molecule is C#CCCCO[SiH2]C(C)(C)C(C)C. The highest BCUT2D eigenvalue weighted by atomic mass is 28.2. The van der Waals surface area contributed by atoms with Crippen molar-refractivity contribution >= 4 is 9.76 Å². The molecular weight excluding hydrogens is 176 g/mol. The summed E-state index contributed by atoms with van der Waals surface area (Å²) in [5.74, 6) is 3.34. The second-order valence-corrected chi connectivity index (χ2v) is 7.02. The molecule has 13 heavy (non-hydrogen) atoms. The van der Waals surface area contributed by atoms with Crippen molar-refractivity contribution in [3.05, 3.63) is 0 Å². The molecule has 0 radical (unpaired) electrons. The predicted molar refractivity (Wildman–Crippen MR) is 61.4 cm³/mol. The highest BCUT2D eigenvalue weighted by molar-refractivity contribution is 6.32. The summed E-state index contributed by atoms with van der Waals surface area (Å²) < 4.78 is 5.71. The zero-order chi connectivity index (χ0) is 10.3. The predicted octanol–water partition coefficient (Wildman–Crippen LogP) is 2.35. The summed E-state index contributed by atoms with van der Waals surface area (Å²) in [6.07, 6.45) is 7.01. The minimum Gasteiger partial charge on any atom is -0.423 e. The Kier molecular flexibility index (Phi) is 6.10. The first kappa shape index (κ1) is 12.7. The van der Waals surface area contributed by atoms with E-state index in [0.717, 1.165) is 19.4 Å². The van der Waals surface area contributed by atoms with Crippen LogP contribution >= 0.6 is 0 Å². The number of terminal acetylenes is 1. The third-order valence-electron chi connectivity index (χ3n) is 2.65. The van der Waals surface area contributed by atoms with Crippen LogP contribution in [0, 0.1) is 18.3 Å². The third-order valence-corrected chi connectivity index (χ3v) is 4.70. The Hall–Kier alpha value is -0.263. The number of hydrogen-bond donors (Lipinski definition) is 0. The summed E-state index contributed by atoms with van der Waals surface area (Å²) in [5.41, 5.74) is 0. The minimum atomic E-state index is -0.405. The molecule has 0 atom stereocenters. The van der Waals surface area contributed by atoms with Crippen molar-refractivity contribution in [1.29, 1.82) is 0 Å². The first-order valence-corrected chi connectivity index (χ1v) is 6.30. The average Bonchev–Trinajstić information content (AvgIpc) is 2.03. The van der Waals surface area contributed by atoms with Gasteiger partial charge in [-0.15, -0.1) is 12.3 Å². The normalized spacial score (nSPS) is 12.6. The molecule has 0 aromatic carbocycles. The summed E-state index contributed by atoms with van der Waals surface area (Å²) in [6, 6.07) is 0. The summed E-state index contributed by atoms with van der Waals surface area (Å²) in [6.45, 7) is 9.97. The van der Waals surface area contributed by atoms with Crippen LogP contribution in [0.3, 0.4) is 0 Å². The molecule has 0 rings (SSSR count). The Morgan fingerprint density at radius 1 is 1.46 bits per heavy atom. The van der Waals surface area contributed by atoms with Gasteiger partial charge in [-0.3, -0.25) is 0 Å². The molecule has 0 saturated heterocycles. The standard InChI is InChI=1S/C11H22OSi/c1-6-7-8-9-12-13-11(4,5)10(2)3/h1,10H,7-9,13H2,2-5H3. The second-order valence-electron chi connectivity index (χ2n) is 4.50. The average molecular weight is 198 g/mol. The van der Waals surface area contributed by atoms with Gasteiger partial charge in [0.05, 0.1) is 0 Å². The molecule has 0 bridgehead atoms. The van der Waals surface area contributed by atoms with Crippen molar-refractivity contribution in [3.63, 3.8) is 0 Å². The van der Waals surface area contributed by atoms with E-state index in [1.54, 1.807) is 0 Å². The summed E-state index contributed by atoms with van der Waals surface area (Å²) in [7, 11) is -0.405. The fraction of sp³-hybridized carbons (Fsp3) is 0.818. The fourth-order valence-corrected chi connectivity index (χ4v) is 1.99. The summed E-state index contributed by atoms with van der Waals surface area (Å²) in [5, 5.41) is 0.413. The Balaban J connectivity index is 3.48. The monoisotopic (exact) mass is 198 g/mol. The first-order valence-electron chi connectivity index (χ1n) is 5.02. The van der Waals surface area contributed by atoms with E-state index in [-0.39, 0.29) is 0 Å². The lowest BCUT2D eigenvalue weighted by Crippen LogP contribution is -2.22. The van der Waals surface area contributed by atoms with Crippen LogP contribution in [0.25, 0.3) is 0 Å². The zero-order valence-corrected chi connectivity index (χ0v) is 10.8. The largest absolute Gasteiger partial charge is 0.423 e. The van der Waals surface area contributed by atoms with Crippen LogP contribution in [0.2, 0.25) is 5.04 Å². The van der Waals surface area contributed by atoms with Gasteiger partial charge in [-0.05, 0) is 17.4 Å². The van der Waals surface area contributed by atoms with Crippen molar-refractivity contribution in [2.24, 2.45) is 5.92 Å². The zero-order valence-electron chi connectivity index (χ0n) is 9.39. The van der Waals surface area contributed by atoms with Gasteiger partial charge in [0, 0.05) is 13.0 Å². The lowest BCUT2D eigenvalue weighted by molar-refractivity contribution is 0.298. The van der Waals surface area contributed by atoms with Gasteiger partial charge in [0.2, 0.25) is 0 Å². The molecule has 0 N–H and O–H groups in total. The van der Waals surface area contributed by atoms with Gasteiger partial charge >= 0.3 is 0 Å². The second kappa shape index (κ2) is 6.23. The van der Waals surface area contributed by atoms with Gasteiger partial charge in [-0.2, -0.15) is 0 Å². The molecular formula is C11H22OSi. The Morgan fingerprint density at radius 3 is 2.54 bits per heavy atom. The molecule has 1 nitrogen and oxygen atoms in total. The topological polar surface area (TPSA) is 9.23 Å². The van der Waals surface area contributed by atoms with E-state index in [1.165, 1.54) is 0 Å². The Morgan fingerprint density at radius 2 is 2.08 bits per heavy atom. The maximum atomic E-state index is 5.71. The number of unbranched alkanes of at least 4 members (excludes halogenated alkanes) is 1. The molecule has 0 aromatic heterocycles. The maximum absolute atomic E-state index is 5.71. The molecule has 0 spiro atoms. The third kappa shape index (κ3) is 5.90. The van der Waals surface area contributed by atoms with Gasteiger partial charge in [0.15, 0.2) is 9.76 Å². The highest BCUT2D eigenvalue weighted by Gasteiger charge is 2.23. The van der Waals surface area contributed by atoms with E-state index in [4.69, 9.17) is 10.8 Å². The molecule has 0 aliphatic carbocycles. The Labute approximate surface area is 85.2 Å². The van der Waals surface area contributed by atoms with E-state index in [2.05, 4.69) is 33.6 Å². The van der Waals surface area contributed by atoms with Gasteiger partial charge in [0.1, 0.15) is 0 Å². The highest BCUT2D eigenvalue weighted by Crippen LogP contribution is 2.32. The van der Waals surface area contributed by atoms with Crippen molar-refractivity contribution in [1.82, 2.24) is 0 Å². The molecule has 0 saturated carbocycles. The lowest BCUT2D eigenvalue weighted by Gasteiger charge is -2.28. The Bertz CT molecular complexity index is 167. The minimum absolute atomic E-state index is 0.405. The molecule has 0 amide bonds. The van der Waals surface area contributed by atoms with E-state index in [0.29, 0.717) is 11.0 Å². The van der Waals surface area contributed by atoms with E-state index >= 15 is 0 Å². The quantitative estimate of drug-likeness (QED) is 0.362. The first-order chi connectivity index (χ1) is 6.00. The van der Waals surface area contributed by atoms with Crippen molar-refractivity contribution in [3.8, 4) is 12.3 Å². The lowest BCUT2D eigenvalue weighted by atomic mass is 9.99. The van der Waals surface area contributed by atoms with E-state index in [1.807, 2.05) is 0 Å². The molecule has 2 heteroatoms. The van der Waals surface area contributed by atoms with Crippen molar-refractivity contribution in [2.45, 2.75) is 45.6 Å². The van der Waals surface area contributed by atoms with Crippen LogP contribution in [-0.4, -0.2) is 16.4 Å². The molecule has 0 aromatic rings. The molecule has 0 aliphatic heterocycles. The summed E-state index contributed by atoms with van der Waals surface area (Å²) >= 11 is 0. The van der Waals surface area contributed by atoms with Crippen LogP contribution in [0.15, 0.2) is 0 Å². The van der Waals surface area contributed by atoms with E-state index < -0.39 is 9.76 Å². The molecule has 0 heterocycles. The number of rotatable bonds is 6. The molecule has 0 unspecified atom stereocenters. The van der Waals surface area contributed by atoms with E-state index in [9.17, 15) is 0 Å². The summed E-state index contributed by atoms with van der Waals surface area (Å²) in [4.78, 5) is 0.